The van der Waals surface area contributed by atoms with Crippen LogP contribution in [0.1, 0.15) is 20.7 Å². The van der Waals surface area contributed by atoms with E-state index in [9.17, 15) is 23.6 Å². The van der Waals surface area contributed by atoms with Crippen LogP contribution in [-0.2, 0) is 14.3 Å². The van der Waals surface area contributed by atoms with Crippen LogP contribution >= 0.6 is 0 Å². The zero-order chi connectivity index (χ0) is 24.3. The van der Waals surface area contributed by atoms with E-state index in [-0.39, 0.29) is 5.56 Å². The second-order valence-electron chi connectivity index (χ2n) is 6.79. The van der Waals surface area contributed by atoms with Crippen LogP contribution in [0.4, 0.5) is 4.39 Å². The van der Waals surface area contributed by atoms with Gasteiger partial charge >= 0.3 is 5.97 Å². The summed E-state index contributed by atoms with van der Waals surface area (Å²) in [7, 11) is 0. The second kappa shape index (κ2) is 11.8. The Bertz CT molecular complexity index is 1150. The molecule has 0 atom stereocenters. The van der Waals surface area contributed by atoms with Gasteiger partial charge in [0.15, 0.2) is 6.61 Å². The molecule has 0 unspecified atom stereocenters. The molecule has 0 fully saturated rings. The lowest BCUT2D eigenvalue weighted by Crippen LogP contribution is -2.44. The molecule has 9 nitrogen and oxygen atoms in total. The normalized spacial score (nSPS) is 10.0. The molecule has 3 aromatic carbocycles. The third-order valence-electron chi connectivity index (χ3n) is 4.27. The molecule has 0 aromatic heterocycles. The van der Waals surface area contributed by atoms with Gasteiger partial charge in [-0.05, 0) is 60.7 Å². The Morgan fingerprint density at radius 3 is 1.97 bits per heavy atom. The number of ether oxygens (including phenoxy) is 2. The Kier molecular flexibility index (Phi) is 8.28. The van der Waals surface area contributed by atoms with Gasteiger partial charge in [-0.2, -0.15) is 0 Å². The number of carbonyl (C=O) groups is 4. The van der Waals surface area contributed by atoms with Crippen molar-refractivity contribution in [1.82, 2.24) is 16.2 Å². The quantitative estimate of drug-likeness (QED) is 0.347. The lowest BCUT2D eigenvalue weighted by Gasteiger charge is -2.09. The molecule has 3 N–H and O–H groups in total. The van der Waals surface area contributed by atoms with Crippen molar-refractivity contribution in [3.05, 3.63) is 95.8 Å². The number of amides is 3. The molecule has 0 spiro atoms. The molecular weight excluding hydrogens is 445 g/mol. The molecule has 0 saturated carbocycles. The number of halogens is 1. The van der Waals surface area contributed by atoms with Crippen molar-refractivity contribution in [2.24, 2.45) is 0 Å². The number of hydrogen-bond acceptors (Lipinski definition) is 6. The number of esters is 1. The van der Waals surface area contributed by atoms with E-state index in [4.69, 9.17) is 9.47 Å². The molecule has 0 radical (unpaired) electrons. The van der Waals surface area contributed by atoms with E-state index in [1.807, 2.05) is 18.2 Å². The van der Waals surface area contributed by atoms with Crippen molar-refractivity contribution in [2.45, 2.75) is 0 Å². The van der Waals surface area contributed by atoms with E-state index in [0.717, 1.165) is 12.1 Å². The van der Waals surface area contributed by atoms with E-state index in [2.05, 4.69) is 16.2 Å². The third-order valence-corrected chi connectivity index (χ3v) is 4.27. The summed E-state index contributed by atoms with van der Waals surface area (Å²) in [6.07, 6.45) is 0. The highest BCUT2D eigenvalue weighted by atomic mass is 19.1. The Hall–Kier alpha value is -4.73. The highest BCUT2D eigenvalue weighted by Crippen LogP contribution is 2.21. The Morgan fingerprint density at radius 2 is 1.29 bits per heavy atom. The van der Waals surface area contributed by atoms with Crippen molar-refractivity contribution in [2.75, 3.05) is 13.2 Å². The summed E-state index contributed by atoms with van der Waals surface area (Å²) in [6.45, 7) is -1.14. The third kappa shape index (κ3) is 7.45. The van der Waals surface area contributed by atoms with E-state index in [0.29, 0.717) is 17.1 Å². The van der Waals surface area contributed by atoms with Gasteiger partial charge in [-0.15, -0.1) is 0 Å². The smallest absolute Gasteiger partial charge is 0.325 e. The maximum absolute atomic E-state index is 12.9. The first kappa shape index (κ1) is 23.9. The first-order valence-corrected chi connectivity index (χ1v) is 10.0. The molecule has 0 aliphatic rings. The maximum atomic E-state index is 12.9. The van der Waals surface area contributed by atoms with Crippen molar-refractivity contribution in [3.8, 4) is 11.5 Å². The van der Waals surface area contributed by atoms with Crippen molar-refractivity contribution in [1.29, 1.82) is 0 Å². The van der Waals surface area contributed by atoms with Crippen LogP contribution in [0, 0.1) is 5.82 Å². The molecule has 0 aliphatic carbocycles. The minimum absolute atomic E-state index is 0.126. The van der Waals surface area contributed by atoms with Gasteiger partial charge in [-0.25, -0.2) is 4.39 Å². The minimum atomic E-state index is -0.850. The van der Waals surface area contributed by atoms with E-state index < -0.39 is 42.7 Å². The van der Waals surface area contributed by atoms with Gasteiger partial charge in [0.25, 0.3) is 17.7 Å². The zero-order valence-corrected chi connectivity index (χ0v) is 17.7. The average Bonchev–Trinajstić information content (AvgIpc) is 2.86. The van der Waals surface area contributed by atoms with Crippen LogP contribution in [-0.4, -0.2) is 36.8 Å². The topological polar surface area (TPSA) is 123 Å². The maximum Gasteiger partial charge on any atom is 0.325 e. The van der Waals surface area contributed by atoms with E-state index in [1.54, 1.807) is 24.3 Å². The molecule has 0 saturated heterocycles. The van der Waals surface area contributed by atoms with Crippen molar-refractivity contribution in [3.63, 3.8) is 0 Å². The molecule has 34 heavy (non-hydrogen) atoms. The molecule has 0 bridgehead atoms. The Balaban J connectivity index is 1.35. The SMILES string of the molecule is O=C(COC(=O)CNC(=O)c1ccc(Oc2ccccc2)cc1)NNC(=O)c1ccc(F)cc1. The summed E-state index contributed by atoms with van der Waals surface area (Å²) in [5.74, 6) is -2.15. The lowest BCUT2D eigenvalue weighted by atomic mass is 10.2. The standard InChI is InChI=1S/C24H20FN3O6/c25-18-10-6-17(7-11-18)24(32)28-27-21(29)15-33-22(30)14-26-23(31)16-8-12-20(13-9-16)34-19-4-2-1-3-5-19/h1-13H,14-15H2,(H,26,31)(H,27,29)(H,28,32). The van der Waals surface area contributed by atoms with Crippen LogP contribution < -0.4 is 20.9 Å². The van der Waals surface area contributed by atoms with Crippen molar-refractivity contribution >= 4 is 23.7 Å². The highest BCUT2D eigenvalue weighted by Gasteiger charge is 2.12. The second-order valence-corrected chi connectivity index (χ2v) is 6.79. The fraction of sp³-hybridized carbons (Fsp3) is 0.0833. The predicted molar refractivity (Wildman–Crippen MR) is 118 cm³/mol. The van der Waals surface area contributed by atoms with Crippen LogP contribution in [0.3, 0.4) is 0 Å². The van der Waals surface area contributed by atoms with Gasteiger partial charge < -0.3 is 14.8 Å². The molecule has 0 heterocycles. The monoisotopic (exact) mass is 465 g/mol. The summed E-state index contributed by atoms with van der Waals surface area (Å²) in [6, 6.07) is 20.1. The minimum Gasteiger partial charge on any atom is -0.457 e. The lowest BCUT2D eigenvalue weighted by molar-refractivity contribution is -0.147. The van der Waals surface area contributed by atoms with Gasteiger partial charge in [0.05, 0.1) is 0 Å². The van der Waals surface area contributed by atoms with Gasteiger partial charge in [0, 0.05) is 11.1 Å². The van der Waals surface area contributed by atoms with Crippen LogP contribution in [0.25, 0.3) is 0 Å². The fourth-order valence-electron chi connectivity index (χ4n) is 2.59. The van der Waals surface area contributed by atoms with E-state index in [1.165, 1.54) is 24.3 Å². The number of nitrogens with one attached hydrogen (secondary N) is 3. The number of rotatable bonds is 8. The number of carbonyl (C=O) groups excluding carboxylic acids is 4. The zero-order valence-electron chi connectivity index (χ0n) is 17.7. The predicted octanol–water partition coefficient (Wildman–Crippen LogP) is 2.35. The van der Waals surface area contributed by atoms with Gasteiger partial charge in [-0.1, -0.05) is 18.2 Å². The Labute approximate surface area is 193 Å². The van der Waals surface area contributed by atoms with E-state index >= 15 is 0 Å². The summed E-state index contributed by atoms with van der Waals surface area (Å²) in [5.41, 5.74) is 4.58. The Morgan fingerprint density at radius 1 is 0.706 bits per heavy atom. The van der Waals surface area contributed by atoms with Crippen LogP contribution in [0.5, 0.6) is 11.5 Å². The molecular formula is C24H20FN3O6. The fourth-order valence-corrected chi connectivity index (χ4v) is 2.59. The number of hydrazine groups is 1. The summed E-state index contributed by atoms with van der Waals surface area (Å²) in [4.78, 5) is 47.5. The molecule has 0 aliphatic heterocycles. The first-order valence-electron chi connectivity index (χ1n) is 10.0. The average molecular weight is 465 g/mol. The number of hydrogen-bond donors (Lipinski definition) is 3. The summed E-state index contributed by atoms with van der Waals surface area (Å²) < 4.78 is 23.2. The summed E-state index contributed by atoms with van der Waals surface area (Å²) in [5, 5.41) is 2.38. The number of benzene rings is 3. The molecule has 10 heteroatoms. The number of para-hydroxylation sites is 1. The van der Waals surface area contributed by atoms with Gasteiger partial charge in [0.2, 0.25) is 0 Å². The van der Waals surface area contributed by atoms with Crippen LogP contribution in [0.15, 0.2) is 78.9 Å². The largest absolute Gasteiger partial charge is 0.457 e. The molecule has 3 aromatic rings. The van der Waals surface area contributed by atoms with Crippen molar-refractivity contribution < 1.29 is 33.0 Å². The first-order chi connectivity index (χ1) is 16.4. The molecule has 3 rings (SSSR count). The summed E-state index contributed by atoms with van der Waals surface area (Å²) >= 11 is 0. The highest BCUT2D eigenvalue weighted by molar-refractivity contribution is 5.96. The van der Waals surface area contributed by atoms with Gasteiger partial charge in [0.1, 0.15) is 23.9 Å². The van der Waals surface area contributed by atoms with Gasteiger partial charge in [-0.3, -0.25) is 30.0 Å². The molecule has 174 valence electrons. The van der Waals surface area contributed by atoms with Crippen LogP contribution in [0.2, 0.25) is 0 Å². The molecule has 3 amide bonds.